The summed E-state index contributed by atoms with van der Waals surface area (Å²) in [5.74, 6) is 2.81. The highest BCUT2D eigenvalue weighted by molar-refractivity contribution is 5.99. The molecule has 0 radical (unpaired) electrons. The van der Waals surface area contributed by atoms with Gasteiger partial charge >= 0.3 is 0 Å². The van der Waals surface area contributed by atoms with Gasteiger partial charge in [0.15, 0.2) is 0 Å². The van der Waals surface area contributed by atoms with Gasteiger partial charge in [-0.15, -0.1) is 0 Å². The average Bonchev–Trinajstić information content (AvgIpc) is 3.28. The number of rotatable bonds is 9. The molecule has 0 N–H and O–H groups in total. The van der Waals surface area contributed by atoms with Crippen LogP contribution in [0.4, 0.5) is 34.1 Å². The summed E-state index contributed by atoms with van der Waals surface area (Å²) < 4.78 is 0. The molecule has 0 aliphatic heterocycles. The third kappa shape index (κ3) is 6.38. The first kappa shape index (κ1) is 34.8. The van der Waals surface area contributed by atoms with Crippen LogP contribution in [0.3, 0.4) is 0 Å². The van der Waals surface area contributed by atoms with Crippen molar-refractivity contribution in [2.24, 2.45) is 17.8 Å². The van der Waals surface area contributed by atoms with Crippen molar-refractivity contribution in [3.63, 3.8) is 0 Å². The quantitative estimate of drug-likeness (QED) is 0.145. The number of hydrogen-bond acceptors (Lipinski definition) is 2. The topological polar surface area (TPSA) is 6.48 Å². The summed E-state index contributed by atoms with van der Waals surface area (Å²) in [5, 5.41) is 2.47. The second-order valence-corrected chi connectivity index (χ2v) is 17.3. The zero-order valence-electron chi connectivity index (χ0n) is 32.9. The van der Waals surface area contributed by atoms with Gasteiger partial charge in [0.1, 0.15) is 0 Å². The van der Waals surface area contributed by atoms with Gasteiger partial charge in [-0.1, -0.05) is 133 Å². The predicted octanol–water partition coefficient (Wildman–Crippen LogP) is 15.6. The van der Waals surface area contributed by atoms with Crippen molar-refractivity contribution in [3.8, 4) is 22.3 Å². The average molecular weight is 749 g/mol. The SMILES string of the molecule is c1ccc(-c2ccc(N(c3ccc(-c4ccc(N(c5ccccc5)c5cccc6ccccc56)cc4)cc3)c3ccc(C45CC6CC(CC(C6)C4)C5)cc3)cc2)cc1. The van der Waals surface area contributed by atoms with Gasteiger partial charge in [-0.3, -0.25) is 0 Å². The summed E-state index contributed by atoms with van der Waals surface area (Å²) >= 11 is 0. The van der Waals surface area contributed by atoms with Crippen molar-refractivity contribution in [2.75, 3.05) is 9.80 Å². The van der Waals surface area contributed by atoms with Gasteiger partial charge in [0.2, 0.25) is 0 Å². The van der Waals surface area contributed by atoms with Crippen molar-refractivity contribution in [1.82, 2.24) is 0 Å². The molecule has 0 aromatic heterocycles. The Bertz CT molecular complexity index is 2620. The maximum absolute atomic E-state index is 2.47. The van der Waals surface area contributed by atoms with E-state index in [0.29, 0.717) is 5.41 Å². The molecule has 58 heavy (non-hydrogen) atoms. The van der Waals surface area contributed by atoms with E-state index in [-0.39, 0.29) is 0 Å². The molecule has 0 amide bonds. The standard InChI is InChI=1S/C56H48N2/c1-3-10-43(11-4-1)44-18-26-50(27-19-44)57(52-32-24-48(25-33-52)56-37-40-34-41(38-56)36-42(35-40)39-56)51-28-20-45(21-29-51)46-22-30-53(31-23-46)58(49-14-5-2-6-15-49)55-17-9-13-47-12-7-8-16-54(47)55/h1-33,40-42H,34-39H2. The zero-order chi connectivity index (χ0) is 38.5. The number of anilines is 6. The Balaban J connectivity index is 0.919. The molecule has 0 heterocycles. The van der Waals surface area contributed by atoms with Crippen molar-refractivity contribution in [1.29, 1.82) is 0 Å². The van der Waals surface area contributed by atoms with E-state index in [0.717, 1.165) is 40.5 Å². The molecule has 0 atom stereocenters. The fourth-order valence-electron chi connectivity index (χ4n) is 11.3. The van der Waals surface area contributed by atoms with Crippen molar-refractivity contribution >= 4 is 44.9 Å². The summed E-state index contributed by atoms with van der Waals surface area (Å²) in [6, 6.07) is 73.5. The van der Waals surface area contributed by atoms with Crippen LogP contribution in [-0.2, 0) is 5.41 Å². The molecule has 0 saturated heterocycles. The minimum Gasteiger partial charge on any atom is -0.311 e. The van der Waals surface area contributed by atoms with Crippen LogP contribution in [0.15, 0.2) is 200 Å². The van der Waals surface area contributed by atoms with Gasteiger partial charge in [-0.2, -0.15) is 0 Å². The van der Waals surface area contributed by atoms with Crippen LogP contribution in [0, 0.1) is 17.8 Å². The molecule has 4 aliphatic carbocycles. The molecule has 0 unspecified atom stereocenters. The molecule has 282 valence electrons. The molecule has 2 heteroatoms. The highest BCUT2D eigenvalue weighted by Gasteiger charge is 2.51. The summed E-state index contributed by atoms with van der Waals surface area (Å²) in [4.78, 5) is 4.79. The Morgan fingerprint density at radius 3 is 1.26 bits per heavy atom. The summed E-state index contributed by atoms with van der Waals surface area (Å²) in [6.07, 6.45) is 8.58. The molecule has 2 nitrogen and oxygen atoms in total. The molecule has 8 aromatic carbocycles. The predicted molar refractivity (Wildman–Crippen MR) is 244 cm³/mol. The Morgan fingerprint density at radius 1 is 0.328 bits per heavy atom. The molecule has 12 rings (SSSR count). The minimum absolute atomic E-state index is 0.389. The van der Waals surface area contributed by atoms with Crippen LogP contribution in [0.2, 0.25) is 0 Å². The second-order valence-electron chi connectivity index (χ2n) is 17.3. The van der Waals surface area contributed by atoms with E-state index in [2.05, 4.69) is 210 Å². The third-order valence-corrected chi connectivity index (χ3v) is 13.6. The fraction of sp³-hybridized carbons (Fsp3) is 0.179. The van der Waals surface area contributed by atoms with E-state index in [1.807, 2.05) is 0 Å². The monoisotopic (exact) mass is 748 g/mol. The van der Waals surface area contributed by atoms with Crippen LogP contribution >= 0.6 is 0 Å². The van der Waals surface area contributed by atoms with E-state index in [1.165, 1.54) is 82.9 Å². The lowest BCUT2D eigenvalue weighted by molar-refractivity contribution is -0.00518. The molecule has 8 aromatic rings. The number of fused-ring (bicyclic) bond motifs is 1. The van der Waals surface area contributed by atoms with Crippen LogP contribution in [0.25, 0.3) is 33.0 Å². The summed E-state index contributed by atoms with van der Waals surface area (Å²) in [5.41, 5.74) is 13.8. The van der Waals surface area contributed by atoms with Gasteiger partial charge in [0.25, 0.3) is 0 Å². The van der Waals surface area contributed by atoms with Gasteiger partial charge in [-0.05, 0) is 162 Å². The number of para-hydroxylation sites is 1. The van der Waals surface area contributed by atoms with E-state index in [9.17, 15) is 0 Å². The highest BCUT2D eigenvalue weighted by atomic mass is 15.1. The van der Waals surface area contributed by atoms with E-state index < -0.39 is 0 Å². The second kappa shape index (κ2) is 14.5. The molecule has 0 spiro atoms. The molecular formula is C56H48N2. The molecule has 4 fully saturated rings. The van der Waals surface area contributed by atoms with Crippen molar-refractivity contribution in [3.05, 3.63) is 206 Å². The van der Waals surface area contributed by atoms with Crippen molar-refractivity contribution < 1.29 is 0 Å². The van der Waals surface area contributed by atoms with Gasteiger partial charge < -0.3 is 9.80 Å². The van der Waals surface area contributed by atoms with Gasteiger partial charge in [-0.25, -0.2) is 0 Å². The van der Waals surface area contributed by atoms with Crippen LogP contribution in [0.1, 0.15) is 44.1 Å². The first-order valence-electron chi connectivity index (χ1n) is 21.3. The normalized spacial score (nSPS) is 20.6. The lowest BCUT2D eigenvalue weighted by atomic mass is 9.48. The Kier molecular flexibility index (Phi) is 8.73. The van der Waals surface area contributed by atoms with Gasteiger partial charge in [0, 0.05) is 33.8 Å². The maximum Gasteiger partial charge on any atom is 0.0540 e. The largest absolute Gasteiger partial charge is 0.311 e. The molecule has 4 saturated carbocycles. The first-order valence-corrected chi connectivity index (χ1v) is 21.3. The third-order valence-electron chi connectivity index (χ3n) is 13.6. The summed E-state index contributed by atoms with van der Waals surface area (Å²) in [6.45, 7) is 0. The fourth-order valence-corrected chi connectivity index (χ4v) is 11.3. The number of nitrogens with zero attached hydrogens (tertiary/aromatic N) is 2. The summed E-state index contributed by atoms with van der Waals surface area (Å²) in [7, 11) is 0. The Labute approximate surface area is 343 Å². The van der Waals surface area contributed by atoms with E-state index >= 15 is 0 Å². The zero-order valence-corrected chi connectivity index (χ0v) is 32.9. The first-order chi connectivity index (χ1) is 28.7. The molecule has 4 aliphatic rings. The lowest BCUT2D eigenvalue weighted by Gasteiger charge is -2.57. The molecular weight excluding hydrogens is 701 g/mol. The number of hydrogen-bond donors (Lipinski definition) is 0. The van der Waals surface area contributed by atoms with E-state index in [4.69, 9.17) is 0 Å². The van der Waals surface area contributed by atoms with Crippen LogP contribution < -0.4 is 9.80 Å². The molecule has 4 bridgehead atoms. The highest BCUT2D eigenvalue weighted by Crippen LogP contribution is 2.61. The van der Waals surface area contributed by atoms with Crippen molar-refractivity contribution in [2.45, 2.75) is 43.9 Å². The smallest absolute Gasteiger partial charge is 0.0540 e. The van der Waals surface area contributed by atoms with Gasteiger partial charge in [0.05, 0.1) is 5.69 Å². The van der Waals surface area contributed by atoms with E-state index in [1.54, 1.807) is 5.56 Å². The minimum atomic E-state index is 0.389. The lowest BCUT2D eigenvalue weighted by Crippen LogP contribution is -2.48. The van der Waals surface area contributed by atoms with Crippen LogP contribution in [0.5, 0.6) is 0 Å². The Morgan fingerprint density at radius 2 is 0.724 bits per heavy atom. The Hall–Kier alpha value is -6.38. The van der Waals surface area contributed by atoms with Crippen LogP contribution in [-0.4, -0.2) is 0 Å². The maximum atomic E-state index is 2.47. The number of benzene rings is 8.